The lowest BCUT2D eigenvalue weighted by Crippen LogP contribution is -2.25. The van der Waals surface area contributed by atoms with Gasteiger partial charge in [-0.2, -0.15) is 9.78 Å². The van der Waals surface area contributed by atoms with Gasteiger partial charge in [0.15, 0.2) is 5.69 Å². The van der Waals surface area contributed by atoms with Crippen LogP contribution < -0.4 is 10.6 Å². The first-order valence-corrected chi connectivity index (χ1v) is 8.03. The summed E-state index contributed by atoms with van der Waals surface area (Å²) < 4.78 is 1.17. The largest absolute Gasteiger partial charge is 0.476 e. The molecule has 3 N–H and O–H groups in total. The lowest BCUT2D eigenvalue weighted by atomic mass is 10.0. The van der Waals surface area contributed by atoms with Crippen molar-refractivity contribution in [3.8, 4) is 0 Å². The number of para-hydroxylation sites is 1. The maximum atomic E-state index is 12.7. The Hall–Kier alpha value is -2.67. The molecule has 0 aliphatic carbocycles. The van der Waals surface area contributed by atoms with E-state index in [0.717, 1.165) is 29.7 Å². The number of aryl methyl sites for hydroxylation is 2. The van der Waals surface area contributed by atoms with Crippen molar-refractivity contribution in [2.24, 2.45) is 0 Å². The normalized spacial score (nSPS) is 12.9. The fraction of sp³-hybridized carbons (Fsp3) is 0.353. The van der Waals surface area contributed by atoms with Gasteiger partial charge in [0, 0.05) is 24.3 Å². The molecule has 7 nitrogen and oxygen atoms in total. The number of nitrogens with zero attached hydrogens (tertiary/aromatic N) is 2. The van der Waals surface area contributed by atoms with Crippen LogP contribution >= 0.6 is 0 Å². The summed E-state index contributed by atoms with van der Waals surface area (Å²) in [5.74, 6) is -1.12. The average Bonchev–Trinajstić information content (AvgIpc) is 3.16. The third kappa shape index (κ3) is 2.67. The van der Waals surface area contributed by atoms with E-state index in [0.29, 0.717) is 24.3 Å². The molecule has 24 heavy (non-hydrogen) atoms. The quantitative estimate of drug-likeness (QED) is 0.801. The number of carboxylic acids is 1. The average molecular weight is 328 g/mol. The molecule has 126 valence electrons. The molecule has 0 atom stereocenters. The second-order valence-corrected chi connectivity index (χ2v) is 5.68. The van der Waals surface area contributed by atoms with E-state index >= 15 is 0 Å². The van der Waals surface area contributed by atoms with Crippen molar-refractivity contribution in [2.75, 3.05) is 5.32 Å². The van der Waals surface area contributed by atoms with E-state index in [4.69, 9.17) is 0 Å². The SMILES string of the molecule is CCc1cccc(CC)c1NC(=O)n1nc(C(=O)O)c2c1CNC2. The highest BCUT2D eigenvalue weighted by Crippen LogP contribution is 2.24. The van der Waals surface area contributed by atoms with Gasteiger partial charge in [-0.05, 0) is 24.0 Å². The third-order valence-electron chi connectivity index (χ3n) is 4.31. The van der Waals surface area contributed by atoms with E-state index in [1.165, 1.54) is 4.68 Å². The molecule has 1 aliphatic heterocycles. The summed E-state index contributed by atoms with van der Waals surface area (Å²) in [6.45, 7) is 4.90. The number of carboxylic acid groups (broad SMARTS) is 1. The fourth-order valence-corrected chi connectivity index (χ4v) is 3.06. The Balaban J connectivity index is 1.98. The summed E-state index contributed by atoms with van der Waals surface area (Å²) in [6.07, 6.45) is 1.59. The molecule has 2 aromatic rings. The van der Waals surface area contributed by atoms with Crippen LogP contribution in [0, 0.1) is 0 Å². The van der Waals surface area contributed by atoms with Gasteiger partial charge < -0.3 is 15.7 Å². The molecule has 7 heteroatoms. The highest BCUT2D eigenvalue weighted by molar-refractivity contribution is 5.95. The Kier molecular flexibility index (Phi) is 4.35. The molecule has 3 rings (SSSR count). The van der Waals surface area contributed by atoms with Crippen molar-refractivity contribution in [2.45, 2.75) is 39.8 Å². The van der Waals surface area contributed by atoms with Crippen LogP contribution in [0.25, 0.3) is 0 Å². The van der Waals surface area contributed by atoms with Gasteiger partial charge in [0.2, 0.25) is 0 Å². The molecule has 0 spiro atoms. The van der Waals surface area contributed by atoms with E-state index in [9.17, 15) is 14.7 Å². The summed E-state index contributed by atoms with van der Waals surface area (Å²) in [5.41, 5.74) is 4.00. The van der Waals surface area contributed by atoms with Crippen LogP contribution in [0.4, 0.5) is 10.5 Å². The number of rotatable bonds is 4. The molecule has 0 saturated carbocycles. The molecule has 1 aromatic carbocycles. The monoisotopic (exact) mass is 328 g/mol. The Bertz CT molecular complexity index is 788. The molecule has 2 heterocycles. The number of carbonyl (C=O) groups is 2. The molecule has 0 fully saturated rings. The minimum atomic E-state index is -1.12. The first-order valence-electron chi connectivity index (χ1n) is 8.03. The van der Waals surface area contributed by atoms with Gasteiger partial charge in [-0.1, -0.05) is 32.0 Å². The van der Waals surface area contributed by atoms with Crippen molar-refractivity contribution in [1.29, 1.82) is 0 Å². The van der Waals surface area contributed by atoms with E-state index in [1.807, 2.05) is 32.0 Å². The van der Waals surface area contributed by atoms with Crippen molar-refractivity contribution in [3.05, 3.63) is 46.3 Å². The number of hydrogen-bond acceptors (Lipinski definition) is 4. The number of fused-ring (bicyclic) bond motifs is 1. The van der Waals surface area contributed by atoms with Gasteiger partial charge in [0.1, 0.15) is 0 Å². The number of hydrogen-bond donors (Lipinski definition) is 3. The van der Waals surface area contributed by atoms with Crippen LogP contribution in [0.3, 0.4) is 0 Å². The Morgan fingerprint density at radius 1 is 1.25 bits per heavy atom. The molecule has 1 amide bonds. The Morgan fingerprint density at radius 2 is 1.92 bits per heavy atom. The number of aromatic nitrogens is 2. The second-order valence-electron chi connectivity index (χ2n) is 5.68. The van der Waals surface area contributed by atoms with Crippen LogP contribution in [0.5, 0.6) is 0 Å². The molecule has 1 aromatic heterocycles. The van der Waals surface area contributed by atoms with E-state index in [2.05, 4.69) is 15.7 Å². The number of benzene rings is 1. The number of nitrogens with one attached hydrogen (secondary N) is 2. The lowest BCUT2D eigenvalue weighted by Gasteiger charge is -2.14. The predicted molar refractivity (Wildman–Crippen MR) is 89.3 cm³/mol. The first-order chi connectivity index (χ1) is 11.6. The van der Waals surface area contributed by atoms with Gasteiger partial charge >= 0.3 is 12.0 Å². The topological polar surface area (TPSA) is 96.2 Å². The van der Waals surface area contributed by atoms with Crippen molar-refractivity contribution >= 4 is 17.7 Å². The summed E-state index contributed by atoms with van der Waals surface area (Å²) in [5, 5.41) is 19.2. The number of anilines is 1. The van der Waals surface area contributed by atoms with Crippen LogP contribution in [-0.2, 0) is 25.9 Å². The highest BCUT2D eigenvalue weighted by Gasteiger charge is 2.28. The summed E-state index contributed by atoms with van der Waals surface area (Å²) in [6, 6.07) is 5.50. The van der Waals surface area contributed by atoms with Gasteiger partial charge in [-0.25, -0.2) is 9.59 Å². The summed E-state index contributed by atoms with van der Waals surface area (Å²) in [7, 11) is 0. The first kappa shape index (κ1) is 16.2. The number of amides is 1. The molecular weight excluding hydrogens is 308 g/mol. The second kappa shape index (κ2) is 6.45. The van der Waals surface area contributed by atoms with E-state index in [-0.39, 0.29) is 5.69 Å². The van der Waals surface area contributed by atoms with Gasteiger partial charge in [0.25, 0.3) is 0 Å². The van der Waals surface area contributed by atoms with Crippen LogP contribution in [-0.4, -0.2) is 26.9 Å². The highest BCUT2D eigenvalue weighted by atomic mass is 16.4. The molecule has 0 unspecified atom stereocenters. The molecular formula is C17H20N4O3. The Morgan fingerprint density at radius 3 is 2.50 bits per heavy atom. The molecule has 0 saturated heterocycles. The standard InChI is InChI=1S/C17H20N4O3/c1-3-10-6-5-7-11(4-2)14(10)19-17(24)21-13-9-18-8-12(13)15(20-21)16(22)23/h5-7,18H,3-4,8-9H2,1-2H3,(H,19,24)(H,22,23). The molecule has 0 bridgehead atoms. The lowest BCUT2D eigenvalue weighted by molar-refractivity contribution is 0.0689. The minimum Gasteiger partial charge on any atom is -0.476 e. The van der Waals surface area contributed by atoms with Crippen molar-refractivity contribution in [1.82, 2.24) is 15.1 Å². The van der Waals surface area contributed by atoms with E-state index in [1.54, 1.807) is 0 Å². The zero-order valence-electron chi connectivity index (χ0n) is 13.7. The number of aromatic carboxylic acids is 1. The van der Waals surface area contributed by atoms with Crippen LogP contribution in [0.15, 0.2) is 18.2 Å². The van der Waals surface area contributed by atoms with Gasteiger partial charge in [0.05, 0.1) is 5.69 Å². The maximum absolute atomic E-state index is 12.7. The van der Waals surface area contributed by atoms with Crippen LogP contribution in [0.2, 0.25) is 0 Å². The maximum Gasteiger partial charge on any atom is 0.356 e. The van der Waals surface area contributed by atoms with Crippen molar-refractivity contribution in [3.63, 3.8) is 0 Å². The minimum absolute atomic E-state index is 0.0651. The summed E-state index contributed by atoms with van der Waals surface area (Å²) in [4.78, 5) is 24.0. The van der Waals surface area contributed by atoms with Gasteiger partial charge in [-0.15, -0.1) is 0 Å². The third-order valence-corrected chi connectivity index (χ3v) is 4.31. The van der Waals surface area contributed by atoms with Gasteiger partial charge in [-0.3, -0.25) is 0 Å². The Labute approximate surface area is 139 Å². The molecule has 0 radical (unpaired) electrons. The fourth-order valence-electron chi connectivity index (χ4n) is 3.06. The predicted octanol–water partition coefficient (Wildman–Crippen LogP) is 2.39. The molecule has 1 aliphatic rings. The van der Waals surface area contributed by atoms with Crippen molar-refractivity contribution < 1.29 is 14.7 Å². The van der Waals surface area contributed by atoms with Crippen LogP contribution in [0.1, 0.15) is 46.7 Å². The summed E-state index contributed by atoms with van der Waals surface area (Å²) >= 11 is 0. The van der Waals surface area contributed by atoms with E-state index < -0.39 is 12.0 Å². The zero-order valence-corrected chi connectivity index (χ0v) is 13.7. The number of carbonyl (C=O) groups excluding carboxylic acids is 1. The zero-order chi connectivity index (χ0) is 17.3. The smallest absolute Gasteiger partial charge is 0.356 e.